The number of aliphatic hydroxyl groups excluding tert-OH is 2. The van der Waals surface area contributed by atoms with Crippen molar-refractivity contribution in [3.8, 4) is 5.75 Å². The average molecular weight is 429 g/mol. The van der Waals surface area contributed by atoms with E-state index in [-0.39, 0.29) is 5.82 Å². The number of aromatic nitrogens is 1. The summed E-state index contributed by atoms with van der Waals surface area (Å²) in [6.07, 6.45) is 1.56. The minimum Gasteiger partial charge on any atom is -0.487 e. The summed E-state index contributed by atoms with van der Waals surface area (Å²) in [6.45, 7) is 8.71. The minimum atomic E-state index is -1.13. The van der Waals surface area contributed by atoms with Crippen LogP contribution in [0.3, 0.4) is 0 Å². The number of aliphatic hydroxyl groups is 2. The van der Waals surface area contributed by atoms with E-state index >= 15 is 0 Å². The summed E-state index contributed by atoms with van der Waals surface area (Å²) in [5, 5.41) is 24.8. The van der Waals surface area contributed by atoms with Crippen molar-refractivity contribution in [3.05, 3.63) is 53.0 Å². The molecule has 0 amide bonds. The minimum absolute atomic E-state index is 0.323. The van der Waals surface area contributed by atoms with E-state index in [9.17, 15) is 14.6 Å². The van der Waals surface area contributed by atoms with Crippen molar-refractivity contribution in [2.24, 2.45) is 10.7 Å². The highest BCUT2D eigenvalue weighted by Crippen LogP contribution is 2.40. The molecule has 1 saturated carbocycles. The Balaban J connectivity index is 1.64. The van der Waals surface area contributed by atoms with Gasteiger partial charge in [-0.3, -0.25) is 0 Å². The van der Waals surface area contributed by atoms with Crippen molar-refractivity contribution in [1.29, 1.82) is 0 Å². The molecule has 0 radical (unpaired) electrons. The molecule has 4 atom stereocenters. The third-order valence-electron chi connectivity index (χ3n) is 6.30. The van der Waals surface area contributed by atoms with Crippen LogP contribution in [0.1, 0.15) is 41.6 Å². The van der Waals surface area contributed by atoms with E-state index in [2.05, 4.69) is 16.9 Å². The van der Waals surface area contributed by atoms with Gasteiger partial charge in [0.15, 0.2) is 0 Å². The average Bonchev–Trinajstić information content (AvgIpc) is 3.28. The van der Waals surface area contributed by atoms with E-state index in [1.54, 1.807) is 36.9 Å². The predicted molar refractivity (Wildman–Crippen MR) is 118 cm³/mol. The number of benzene rings is 1. The van der Waals surface area contributed by atoms with Gasteiger partial charge in [0.2, 0.25) is 0 Å². The quantitative estimate of drug-likeness (QED) is 0.547. The molecule has 4 rings (SSSR count). The second-order valence-electron chi connectivity index (χ2n) is 8.18. The van der Waals surface area contributed by atoms with Gasteiger partial charge in [-0.25, -0.2) is 9.38 Å². The fourth-order valence-corrected chi connectivity index (χ4v) is 4.63. The Morgan fingerprint density at radius 2 is 2.16 bits per heavy atom. The SMILES string of the molecule is C=C(N)c1ccn([C@@H]2C[C@H](Oc3cc(F)c(C)c4c3CNCC4)[C@@H](O)[C@H]2O)c1N=CC. The molecule has 0 bridgehead atoms. The van der Waals surface area contributed by atoms with Crippen molar-refractivity contribution < 1.29 is 19.3 Å². The smallest absolute Gasteiger partial charge is 0.141 e. The zero-order chi connectivity index (χ0) is 22.3. The fourth-order valence-electron chi connectivity index (χ4n) is 4.63. The van der Waals surface area contributed by atoms with Crippen molar-refractivity contribution in [1.82, 2.24) is 9.88 Å². The number of hydrogen-bond acceptors (Lipinski definition) is 6. The molecule has 7 nitrogen and oxygen atoms in total. The summed E-state index contributed by atoms with van der Waals surface area (Å²) in [6, 6.07) is 2.69. The van der Waals surface area contributed by atoms with Crippen LogP contribution in [0.5, 0.6) is 5.75 Å². The Bertz CT molecular complexity index is 1030. The highest BCUT2D eigenvalue weighted by molar-refractivity contribution is 5.73. The highest BCUT2D eigenvalue weighted by Gasteiger charge is 2.45. The number of fused-ring (bicyclic) bond motifs is 1. The van der Waals surface area contributed by atoms with E-state index < -0.39 is 24.4 Å². The Morgan fingerprint density at radius 3 is 2.87 bits per heavy atom. The first-order valence-electron chi connectivity index (χ1n) is 10.5. The number of nitrogens with one attached hydrogen (secondary N) is 1. The number of ether oxygens (including phenoxy) is 1. The first-order valence-corrected chi connectivity index (χ1v) is 10.5. The lowest BCUT2D eigenvalue weighted by atomic mass is 9.95. The first kappa shape index (κ1) is 21.5. The predicted octanol–water partition coefficient (Wildman–Crippen LogP) is 2.35. The van der Waals surface area contributed by atoms with Crippen LogP contribution < -0.4 is 15.8 Å². The topological polar surface area (TPSA) is 105 Å². The summed E-state index contributed by atoms with van der Waals surface area (Å²) in [5.74, 6) is 0.656. The third-order valence-corrected chi connectivity index (χ3v) is 6.30. The largest absolute Gasteiger partial charge is 0.487 e. The van der Waals surface area contributed by atoms with Crippen LogP contribution in [-0.2, 0) is 13.0 Å². The van der Waals surface area contributed by atoms with E-state index in [4.69, 9.17) is 10.5 Å². The summed E-state index contributed by atoms with van der Waals surface area (Å²) >= 11 is 0. The van der Waals surface area contributed by atoms with Gasteiger partial charge in [0.1, 0.15) is 35.7 Å². The van der Waals surface area contributed by atoms with Gasteiger partial charge in [0, 0.05) is 48.3 Å². The van der Waals surface area contributed by atoms with E-state index in [0.717, 1.165) is 24.1 Å². The molecular weight excluding hydrogens is 399 g/mol. The van der Waals surface area contributed by atoms with Gasteiger partial charge in [-0.2, -0.15) is 0 Å². The summed E-state index contributed by atoms with van der Waals surface area (Å²) < 4.78 is 22.4. The molecule has 1 aromatic heterocycles. The number of halogens is 1. The number of nitrogens with zero attached hydrogens (tertiary/aromatic N) is 2. The first-order chi connectivity index (χ1) is 14.8. The Kier molecular flexibility index (Phi) is 5.88. The van der Waals surface area contributed by atoms with Gasteiger partial charge in [0.05, 0.1) is 6.04 Å². The van der Waals surface area contributed by atoms with E-state index in [1.807, 2.05) is 0 Å². The fraction of sp³-hybridized carbons (Fsp3) is 0.435. The second-order valence-corrected chi connectivity index (χ2v) is 8.18. The van der Waals surface area contributed by atoms with Crippen LogP contribution in [-0.4, -0.2) is 45.9 Å². The molecule has 0 saturated heterocycles. The summed E-state index contributed by atoms with van der Waals surface area (Å²) in [4.78, 5) is 4.39. The van der Waals surface area contributed by atoms with Crippen LogP contribution in [0.4, 0.5) is 10.2 Å². The van der Waals surface area contributed by atoms with Crippen LogP contribution in [0.15, 0.2) is 29.9 Å². The maximum Gasteiger partial charge on any atom is 0.141 e. The summed E-state index contributed by atoms with van der Waals surface area (Å²) in [7, 11) is 0. The molecule has 2 aromatic rings. The van der Waals surface area contributed by atoms with Gasteiger partial charge >= 0.3 is 0 Å². The van der Waals surface area contributed by atoms with Crippen molar-refractivity contribution >= 4 is 17.7 Å². The number of aliphatic imine (C=N–C) groups is 1. The van der Waals surface area contributed by atoms with E-state index in [0.29, 0.717) is 41.4 Å². The van der Waals surface area contributed by atoms with Gasteiger partial charge in [-0.1, -0.05) is 6.58 Å². The lowest BCUT2D eigenvalue weighted by Crippen LogP contribution is -2.35. The molecule has 2 heterocycles. The van der Waals surface area contributed by atoms with Crippen LogP contribution in [0, 0.1) is 12.7 Å². The Hall–Kier alpha value is -2.68. The standard InChI is InChI=1S/C23H29FN4O3/c1-4-27-23-15(13(3)25)6-8-28(23)18-10-20(22(30)21(18)29)31-19-9-17(24)12(2)14-5-7-26-11-16(14)19/h4,6,8-9,18,20-22,26,29-30H,3,5,7,10-11,25H2,1-2H3/t18-,20+,21+,22-/m1/s1. The molecule has 1 fully saturated rings. The Labute approximate surface area is 181 Å². The number of hydrogen-bond donors (Lipinski definition) is 4. The zero-order valence-electron chi connectivity index (χ0n) is 17.8. The van der Waals surface area contributed by atoms with E-state index in [1.165, 1.54) is 6.07 Å². The van der Waals surface area contributed by atoms with Gasteiger partial charge < -0.3 is 30.6 Å². The highest BCUT2D eigenvalue weighted by atomic mass is 19.1. The summed E-state index contributed by atoms with van der Waals surface area (Å²) in [5.41, 5.74) is 9.42. The molecule has 8 heteroatoms. The lowest BCUT2D eigenvalue weighted by molar-refractivity contribution is -0.0168. The maximum absolute atomic E-state index is 14.5. The normalized spacial score (nSPS) is 25.7. The molecule has 1 aliphatic carbocycles. The van der Waals surface area contributed by atoms with Crippen molar-refractivity contribution in [3.63, 3.8) is 0 Å². The molecule has 1 aliphatic heterocycles. The molecule has 31 heavy (non-hydrogen) atoms. The zero-order valence-corrected chi connectivity index (χ0v) is 17.8. The molecule has 2 aliphatic rings. The lowest BCUT2D eigenvalue weighted by Gasteiger charge is -2.26. The molecule has 0 unspecified atom stereocenters. The van der Waals surface area contributed by atoms with Crippen LogP contribution in [0.2, 0.25) is 0 Å². The molecule has 1 aromatic carbocycles. The molecular formula is C23H29FN4O3. The Morgan fingerprint density at radius 1 is 1.39 bits per heavy atom. The second kappa shape index (κ2) is 8.45. The number of nitrogens with two attached hydrogens (primary N) is 1. The van der Waals surface area contributed by atoms with Gasteiger partial charge in [0.25, 0.3) is 0 Å². The molecule has 166 valence electrons. The number of rotatable bonds is 5. The van der Waals surface area contributed by atoms with Gasteiger partial charge in [-0.05, 0) is 44.0 Å². The van der Waals surface area contributed by atoms with Crippen molar-refractivity contribution in [2.45, 2.75) is 57.6 Å². The molecule has 0 spiro atoms. The molecule has 5 N–H and O–H groups in total. The third kappa shape index (κ3) is 3.75. The van der Waals surface area contributed by atoms with Gasteiger partial charge in [-0.15, -0.1) is 0 Å². The maximum atomic E-state index is 14.5. The van der Waals surface area contributed by atoms with Crippen LogP contribution in [0.25, 0.3) is 5.70 Å². The van der Waals surface area contributed by atoms with Crippen LogP contribution >= 0.6 is 0 Å². The van der Waals surface area contributed by atoms with Crippen molar-refractivity contribution in [2.75, 3.05) is 6.54 Å². The monoisotopic (exact) mass is 428 g/mol.